The Morgan fingerprint density at radius 2 is 1.93 bits per heavy atom. The molecule has 8 nitrogen and oxygen atoms in total. The Hall–Kier alpha value is -3.06. The van der Waals surface area contributed by atoms with Gasteiger partial charge < -0.3 is 5.32 Å². The summed E-state index contributed by atoms with van der Waals surface area (Å²) in [4.78, 5) is 37.2. The lowest BCUT2D eigenvalue weighted by molar-refractivity contribution is -0.141. The molecule has 0 aliphatic carbocycles. The minimum atomic E-state index is -4.60. The Kier molecular flexibility index (Phi) is 7.88. The average Bonchev–Trinajstić information content (AvgIpc) is 3.29. The number of thiophene rings is 1. The zero-order valence-corrected chi connectivity index (χ0v) is 23.7. The number of aromatic nitrogens is 4. The van der Waals surface area contributed by atoms with Crippen LogP contribution in [-0.2, 0) is 19.6 Å². The highest BCUT2D eigenvalue weighted by Crippen LogP contribution is 2.37. The average molecular weight is 593 g/mol. The summed E-state index contributed by atoms with van der Waals surface area (Å²) in [7, 11) is 0. The zero-order chi connectivity index (χ0) is 28.8. The molecule has 0 unspecified atom stereocenters. The molecule has 1 aromatic carbocycles. The molecule has 0 saturated carbocycles. The van der Waals surface area contributed by atoms with Gasteiger partial charge in [0, 0.05) is 59.4 Å². The molecular weight excluding hydrogens is 565 g/mol. The number of nitrogens with zero attached hydrogens (tertiary/aromatic N) is 5. The van der Waals surface area contributed by atoms with Gasteiger partial charge in [-0.15, -0.1) is 11.3 Å². The highest BCUT2D eigenvalue weighted by atomic mass is 35.5. The van der Waals surface area contributed by atoms with Gasteiger partial charge in [0.25, 0.3) is 5.56 Å². The predicted molar refractivity (Wildman–Crippen MR) is 150 cm³/mol. The molecule has 1 aliphatic heterocycles. The molecule has 4 aromatic rings. The summed E-state index contributed by atoms with van der Waals surface area (Å²) in [6.07, 6.45) is -2.28. The molecule has 0 spiro atoms. The molecule has 1 N–H and O–H groups in total. The maximum Gasteiger partial charge on any atom is 0.406 e. The second-order valence-corrected chi connectivity index (χ2v) is 11.8. The number of aryl methyl sites for hydroxylation is 1. The minimum Gasteiger partial charge on any atom is -0.311 e. The van der Waals surface area contributed by atoms with E-state index in [-0.39, 0.29) is 6.54 Å². The van der Waals surface area contributed by atoms with Crippen molar-refractivity contribution in [3.8, 4) is 11.3 Å². The first-order valence-electron chi connectivity index (χ1n) is 12.8. The number of hydrogen-bond donors (Lipinski definition) is 1. The molecule has 1 aliphatic rings. The molecular formula is C27H28ClF3N6O2S. The molecule has 40 heavy (non-hydrogen) atoms. The number of hydrogen-bond acceptors (Lipinski definition) is 7. The Balaban J connectivity index is 1.55. The number of fused-ring (bicyclic) bond motifs is 1. The third-order valence-electron chi connectivity index (χ3n) is 7.11. The first-order valence-corrected chi connectivity index (χ1v) is 14.0. The Morgan fingerprint density at radius 1 is 1.15 bits per heavy atom. The van der Waals surface area contributed by atoms with Crippen molar-refractivity contribution in [2.45, 2.75) is 58.7 Å². The molecule has 3 aromatic heterocycles. The van der Waals surface area contributed by atoms with Crippen molar-refractivity contribution >= 4 is 33.2 Å². The lowest BCUT2D eigenvalue weighted by atomic mass is 9.97. The molecule has 13 heteroatoms. The second kappa shape index (κ2) is 11.1. The van der Waals surface area contributed by atoms with Crippen LogP contribution in [0.5, 0.6) is 0 Å². The van der Waals surface area contributed by atoms with Crippen LogP contribution in [-0.4, -0.2) is 55.4 Å². The molecule has 212 valence electrons. The van der Waals surface area contributed by atoms with E-state index in [2.05, 4.69) is 34.0 Å². The van der Waals surface area contributed by atoms with Crippen LogP contribution < -0.4 is 16.6 Å². The Labute approximate surface area is 237 Å². The number of halogens is 4. The summed E-state index contributed by atoms with van der Waals surface area (Å²) in [5, 5.41) is 4.07. The van der Waals surface area contributed by atoms with Crippen molar-refractivity contribution in [3.05, 3.63) is 78.7 Å². The number of nitrogens with one attached hydrogen (secondary N) is 1. The van der Waals surface area contributed by atoms with Gasteiger partial charge in [0.1, 0.15) is 12.9 Å². The molecule has 2 atom stereocenters. The van der Waals surface area contributed by atoms with Gasteiger partial charge in [-0.05, 0) is 50.1 Å². The van der Waals surface area contributed by atoms with E-state index in [9.17, 15) is 22.8 Å². The van der Waals surface area contributed by atoms with Gasteiger partial charge in [-0.25, -0.2) is 14.8 Å². The summed E-state index contributed by atoms with van der Waals surface area (Å²) in [5.74, 6) is 0. The van der Waals surface area contributed by atoms with E-state index >= 15 is 0 Å². The summed E-state index contributed by atoms with van der Waals surface area (Å²) < 4.78 is 40.8. The van der Waals surface area contributed by atoms with Crippen LogP contribution in [0, 0.1) is 6.92 Å². The van der Waals surface area contributed by atoms with Crippen LogP contribution in [0.3, 0.4) is 0 Å². The largest absolute Gasteiger partial charge is 0.406 e. The molecule has 0 bridgehead atoms. The van der Waals surface area contributed by atoms with Gasteiger partial charge >= 0.3 is 11.9 Å². The number of piperazine rings is 1. The predicted octanol–water partition coefficient (Wildman–Crippen LogP) is 4.44. The first-order chi connectivity index (χ1) is 18.9. The summed E-state index contributed by atoms with van der Waals surface area (Å²) in [5.41, 5.74) is 2.57. The van der Waals surface area contributed by atoms with Crippen LogP contribution >= 0.6 is 22.9 Å². The smallest absolute Gasteiger partial charge is 0.311 e. The lowest BCUT2D eigenvalue weighted by Crippen LogP contribution is -2.53. The fourth-order valence-corrected chi connectivity index (χ4v) is 6.43. The number of rotatable bonds is 6. The van der Waals surface area contributed by atoms with Gasteiger partial charge in [-0.3, -0.25) is 18.8 Å². The Bertz CT molecular complexity index is 1680. The van der Waals surface area contributed by atoms with Crippen LogP contribution in [0.2, 0.25) is 5.02 Å². The van der Waals surface area contributed by atoms with Crippen molar-refractivity contribution in [1.82, 2.24) is 29.3 Å². The third kappa shape index (κ3) is 5.99. The monoisotopic (exact) mass is 592 g/mol. The van der Waals surface area contributed by atoms with E-state index in [4.69, 9.17) is 11.6 Å². The molecule has 1 fully saturated rings. The van der Waals surface area contributed by atoms with Crippen molar-refractivity contribution in [2.24, 2.45) is 0 Å². The van der Waals surface area contributed by atoms with Gasteiger partial charge in [0.05, 0.1) is 22.5 Å². The second-order valence-electron chi connectivity index (χ2n) is 10.3. The highest BCUT2D eigenvalue weighted by Gasteiger charge is 2.29. The van der Waals surface area contributed by atoms with Gasteiger partial charge in [0.2, 0.25) is 0 Å². The fraction of sp³-hybridized carbons (Fsp3) is 0.407. The molecule has 4 heterocycles. The minimum absolute atomic E-state index is 0.186. The van der Waals surface area contributed by atoms with Crippen molar-refractivity contribution in [1.29, 1.82) is 0 Å². The standard InChI is InChI=1S/C27H28ClF3N6O2S/c1-15-6-18(28)7-20(21(15)12-36-10-16(2)32-9-17(36)3)24-25-22(33-14-34-24)8-19(40-25)11-37-23(38)4-5-35(26(37)39)13-27(29,30)31/h4-8,14,16-17,32H,9-13H2,1-3H3/t16-,17+/m1/s1. The highest BCUT2D eigenvalue weighted by molar-refractivity contribution is 7.19. The molecule has 1 saturated heterocycles. The lowest BCUT2D eigenvalue weighted by Gasteiger charge is -2.38. The van der Waals surface area contributed by atoms with Crippen molar-refractivity contribution in [3.63, 3.8) is 0 Å². The van der Waals surface area contributed by atoms with Crippen LogP contribution in [0.4, 0.5) is 13.2 Å². The molecule has 5 rings (SSSR count). The first kappa shape index (κ1) is 28.5. The van der Waals surface area contributed by atoms with Crippen molar-refractivity contribution in [2.75, 3.05) is 13.1 Å². The maximum atomic E-state index is 12.9. The van der Waals surface area contributed by atoms with Gasteiger partial charge in [0.15, 0.2) is 0 Å². The van der Waals surface area contributed by atoms with Crippen molar-refractivity contribution < 1.29 is 13.2 Å². The normalized spacial score (nSPS) is 18.5. The van der Waals surface area contributed by atoms with Gasteiger partial charge in [-0.1, -0.05) is 11.6 Å². The molecule has 0 radical (unpaired) electrons. The van der Waals surface area contributed by atoms with E-state index < -0.39 is 24.0 Å². The van der Waals surface area contributed by atoms with E-state index in [0.29, 0.717) is 44.3 Å². The number of benzene rings is 1. The number of alkyl halides is 3. The quantitative estimate of drug-likeness (QED) is 0.356. The zero-order valence-electron chi connectivity index (χ0n) is 22.1. The van der Waals surface area contributed by atoms with E-state index in [1.165, 1.54) is 17.7 Å². The molecule has 0 amide bonds. The van der Waals surface area contributed by atoms with Gasteiger partial charge in [-0.2, -0.15) is 13.2 Å². The van der Waals surface area contributed by atoms with Crippen LogP contribution in [0.15, 0.2) is 46.4 Å². The van der Waals surface area contributed by atoms with E-state index in [1.54, 1.807) is 6.07 Å². The Morgan fingerprint density at radius 3 is 2.67 bits per heavy atom. The summed E-state index contributed by atoms with van der Waals surface area (Å²) in [6.45, 7) is 7.18. The van der Waals surface area contributed by atoms with Crippen LogP contribution in [0.1, 0.15) is 29.9 Å². The van der Waals surface area contributed by atoms with Crippen LogP contribution in [0.25, 0.3) is 21.5 Å². The topological polar surface area (TPSA) is 85.0 Å². The third-order valence-corrected chi connectivity index (χ3v) is 8.45. The van der Waals surface area contributed by atoms with E-state index in [1.807, 2.05) is 19.1 Å². The fourth-order valence-electron chi connectivity index (χ4n) is 5.06. The summed E-state index contributed by atoms with van der Waals surface area (Å²) >= 11 is 7.80. The maximum absolute atomic E-state index is 12.9. The van der Waals surface area contributed by atoms with E-state index in [0.717, 1.165) is 51.3 Å². The summed E-state index contributed by atoms with van der Waals surface area (Å²) in [6, 6.07) is 7.21. The SMILES string of the molecule is Cc1cc(Cl)cc(-c2ncnc3cc(Cn4c(=O)ccn(CC(F)(F)F)c4=O)sc23)c1CN1C[C@@H](C)NC[C@@H]1C.